The monoisotopic (exact) mass is 505 g/mol. The van der Waals surface area contributed by atoms with E-state index in [-0.39, 0.29) is 51.4 Å². The number of allylic oxidation sites excluding steroid dienone is 1. The molecular formula is C24H35F3KN5O. The third-order valence-corrected chi connectivity index (χ3v) is 4.21. The number of ether oxygens (including phenoxy) is 1. The van der Waals surface area contributed by atoms with E-state index in [1.807, 2.05) is 13.8 Å². The van der Waals surface area contributed by atoms with Crippen molar-refractivity contribution in [3.05, 3.63) is 70.9 Å². The second-order valence-corrected chi connectivity index (χ2v) is 7.02. The minimum Gasteiger partial charge on any atom is -0.662 e. The van der Waals surface area contributed by atoms with Crippen LogP contribution < -0.4 is 68.0 Å². The smallest absolute Gasteiger partial charge is 0.662 e. The zero-order valence-corrected chi connectivity index (χ0v) is 23.8. The molecule has 1 saturated carbocycles. The van der Waals surface area contributed by atoms with Gasteiger partial charge in [0.1, 0.15) is 11.6 Å². The summed E-state index contributed by atoms with van der Waals surface area (Å²) in [5, 5.41) is 3.94. The van der Waals surface area contributed by atoms with Gasteiger partial charge in [0.2, 0.25) is 0 Å². The summed E-state index contributed by atoms with van der Waals surface area (Å²) < 4.78 is 43.1. The average molecular weight is 506 g/mol. The van der Waals surface area contributed by atoms with E-state index < -0.39 is 11.7 Å². The number of aliphatic imine (C=N–C) groups is 1. The van der Waals surface area contributed by atoms with Crippen molar-refractivity contribution in [2.75, 3.05) is 32.2 Å². The van der Waals surface area contributed by atoms with Crippen molar-refractivity contribution in [1.82, 2.24) is 5.43 Å². The van der Waals surface area contributed by atoms with Crippen molar-refractivity contribution in [2.24, 2.45) is 10.7 Å². The van der Waals surface area contributed by atoms with E-state index in [1.54, 1.807) is 19.3 Å². The molecule has 1 fully saturated rings. The second-order valence-electron chi connectivity index (χ2n) is 7.02. The fourth-order valence-corrected chi connectivity index (χ4v) is 2.39. The Morgan fingerprint density at radius 1 is 1.21 bits per heavy atom. The van der Waals surface area contributed by atoms with Crippen LogP contribution in [0.25, 0.3) is 5.32 Å². The summed E-state index contributed by atoms with van der Waals surface area (Å²) in [6.07, 6.45) is 4.16. The summed E-state index contributed by atoms with van der Waals surface area (Å²) in [4.78, 5) is 4.11. The fourth-order valence-electron chi connectivity index (χ4n) is 2.39. The third kappa shape index (κ3) is 13.7. The maximum atomic E-state index is 12.6. The fraction of sp³-hybridized carbons (Fsp3) is 0.458. The minimum atomic E-state index is -4.34. The SMILES string of the molecule is C1CC1.C=C(/C=C1/C(CCNNc2ccc(C(F)(F)F)cc2)=CN=C1N)OCC[N-]C.CC.[K+]. The van der Waals surface area contributed by atoms with Crippen LogP contribution in [0.1, 0.15) is 45.1 Å². The van der Waals surface area contributed by atoms with E-state index in [1.165, 1.54) is 31.4 Å². The average Bonchev–Trinajstić information content (AvgIpc) is 3.64. The molecule has 0 aromatic heterocycles. The first kappa shape index (κ1) is 32.9. The van der Waals surface area contributed by atoms with Crippen LogP contribution in [0.15, 0.2) is 65.0 Å². The van der Waals surface area contributed by atoms with Crippen molar-refractivity contribution < 1.29 is 69.3 Å². The topological polar surface area (TPSA) is 85.8 Å². The van der Waals surface area contributed by atoms with Gasteiger partial charge in [0.05, 0.1) is 12.2 Å². The Labute approximate surface area is 243 Å². The molecule has 0 atom stereocenters. The molecule has 1 aromatic carbocycles. The number of rotatable bonds is 10. The Kier molecular flexibility index (Phi) is 17.6. The number of nitrogens with two attached hydrogens (primary N) is 1. The molecule has 3 rings (SSSR count). The number of hydrogen-bond acceptors (Lipinski definition) is 5. The molecule has 1 aliphatic carbocycles. The third-order valence-electron chi connectivity index (χ3n) is 4.21. The van der Waals surface area contributed by atoms with E-state index in [0.29, 0.717) is 43.4 Å². The summed E-state index contributed by atoms with van der Waals surface area (Å²) in [6, 6.07) is 4.77. The summed E-state index contributed by atoms with van der Waals surface area (Å²) >= 11 is 0. The van der Waals surface area contributed by atoms with E-state index in [2.05, 4.69) is 27.7 Å². The number of nitrogens with zero attached hydrogens (tertiary/aromatic N) is 2. The number of alkyl halides is 3. The van der Waals surface area contributed by atoms with Gasteiger partial charge in [-0.1, -0.05) is 39.7 Å². The number of hydrogen-bond donors (Lipinski definition) is 3. The first-order valence-electron chi connectivity index (χ1n) is 11.1. The molecule has 0 radical (unpaired) electrons. The van der Waals surface area contributed by atoms with Crippen molar-refractivity contribution in [2.45, 2.75) is 45.7 Å². The Balaban J connectivity index is 0.00000164. The van der Waals surface area contributed by atoms with E-state index in [9.17, 15) is 13.2 Å². The van der Waals surface area contributed by atoms with Gasteiger partial charge >= 0.3 is 57.6 Å². The van der Waals surface area contributed by atoms with Crippen LogP contribution >= 0.6 is 0 Å². The first-order chi connectivity index (χ1) is 15.8. The predicted molar refractivity (Wildman–Crippen MR) is 130 cm³/mol. The van der Waals surface area contributed by atoms with Gasteiger partial charge in [0.25, 0.3) is 0 Å². The summed E-state index contributed by atoms with van der Waals surface area (Å²) in [5.74, 6) is 0.857. The molecule has 184 valence electrons. The molecule has 10 heteroatoms. The zero-order chi connectivity index (χ0) is 24.7. The maximum Gasteiger partial charge on any atom is 1.00 e. The molecule has 6 nitrogen and oxygen atoms in total. The normalized spacial score (nSPS) is 14.9. The Hall–Kier alpha value is -1.14. The Bertz CT molecular complexity index is 816. The van der Waals surface area contributed by atoms with Crippen molar-refractivity contribution in [3.63, 3.8) is 0 Å². The van der Waals surface area contributed by atoms with Crippen LogP contribution in [0.4, 0.5) is 18.9 Å². The van der Waals surface area contributed by atoms with Gasteiger partial charge in [0.15, 0.2) is 0 Å². The molecule has 0 bridgehead atoms. The molecule has 34 heavy (non-hydrogen) atoms. The first-order valence-corrected chi connectivity index (χ1v) is 11.1. The van der Waals surface area contributed by atoms with E-state index in [4.69, 9.17) is 10.5 Å². The number of likely N-dealkylation sites (N-methyl/N-ethyl adjacent to an activating group) is 1. The predicted octanol–water partition coefficient (Wildman–Crippen LogP) is 2.93. The number of anilines is 1. The van der Waals surface area contributed by atoms with Gasteiger partial charge in [-0.25, -0.2) is 10.4 Å². The van der Waals surface area contributed by atoms with Gasteiger partial charge in [0, 0.05) is 24.0 Å². The van der Waals surface area contributed by atoms with Crippen LogP contribution in [-0.4, -0.2) is 32.6 Å². The quantitative estimate of drug-likeness (QED) is 0.198. The standard InChI is InChI=1S/C19H23F3N5O.C3H6.C2H6.K/c1-13(28-10-9-24-2)11-17-14(12-25-18(17)23)7-8-26-27-16-5-3-15(4-6-16)19(20,21)22;1-2-3-1;1-2;/h3-6,11-12,26-27H,1,7-10H2,2H3,(H2,23,25);1-3H2;1-2H3;/q-1;;;+1/b17-11-;;;. The second kappa shape index (κ2) is 18.2. The molecule has 2 aliphatic rings. The maximum absolute atomic E-state index is 12.6. The molecule has 1 heterocycles. The number of hydrazine groups is 1. The molecule has 1 aliphatic heterocycles. The number of benzene rings is 1. The molecule has 0 unspecified atom stereocenters. The molecule has 4 N–H and O–H groups in total. The number of halogens is 3. The van der Waals surface area contributed by atoms with Crippen LogP contribution in [0.2, 0.25) is 0 Å². The number of nitrogens with one attached hydrogen (secondary N) is 2. The zero-order valence-electron chi connectivity index (χ0n) is 20.6. The molecule has 0 saturated heterocycles. The largest absolute Gasteiger partial charge is 1.00 e. The van der Waals surface area contributed by atoms with Gasteiger partial charge in [-0.3, -0.25) is 0 Å². The molecule has 0 spiro atoms. The van der Waals surface area contributed by atoms with Gasteiger partial charge in [-0.15, -0.1) is 6.54 Å². The van der Waals surface area contributed by atoms with Crippen molar-refractivity contribution in [3.8, 4) is 0 Å². The van der Waals surface area contributed by atoms with Crippen LogP contribution in [0, 0.1) is 0 Å². The van der Waals surface area contributed by atoms with Crippen LogP contribution in [0.3, 0.4) is 0 Å². The minimum absolute atomic E-state index is 0. The Morgan fingerprint density at radius 2 is 1.82 bits per heavy atom. The van der Waals surface area contributed by atoms with Crippen molar-refractivity contribution >= 4 is 11.5 Å². The Morgan fingerprint density at radius 3 is 2.35 bits per heavy atom. The molecular weight excluding hydrogens is 470 g/mol. The van der Waals surface area contributed by atoms with E-state index >= 15 is 0 Å². The summed E-state index contributed by atoms with van der Waals surface area (Å²) in [6.45, 7) is 9.36. The molecule has 1 aromatic rings. The van der Waals surface area contributed by atoms with Crippen LogP contribution in [-0.2, 0) is 10.9 Å². The number of amidine groups is 1. The van der Waals surface area contributed by atoms with Gasteiger partial charge in [-0.2, -0.15) is 20.2 Å². The van der Waals surface area contributed by atoms with Gasteiger partial charge in [-0.05, 0) is 42.3 Å². The van der Waals surface area contributed by atoms with E-state index in [0.717, 1.165) is 23.3 Å². The summed E-state index contributed by atoms with van der Waals surface area (Å²) in [7, 11) is 1.71. The summed E-state index contributed by atoms with van der Waals surface area (Å²) in [5.41, 5.74) is 13.2. The van der Waals surface area contributed by atoms with Crippen molar-refractivity contribution in [1.29, 1.82) is 0 Å². The molecule has 0 amide bonds. The van der Waals surface area contributed by atoms with Gasteiger partial charge < -0.3 is 21.2 Å². The van der Waals surface area contributed by atoms with Crippen LogP contribution in [0.5, 0.6) is 0 Å².